The van der Waals surface area contributed by atoms with E-state index in [1.54, 1.807) is 12.1 Å². The number of hydrogen-bond donors (Lipinski definition) is 0. The van der Waals surface area contributed by atoms with Gasteiger partial charge in [-0.15, -0.1) is 0 Å². The smallest absolute Gasteiger partial charge is 0.269 e. The molecule has 1 atom stereocenters. The Balaban J connectivity index is 1.83. The lowest BCUT2D eigenvalue weighted by molar-refractivity contribution is -0.384. The number of fused-ring (bicyclic) bond motifs is 3. The number of nitro groups is 1. The standard InChI is InChI=1S/C23H17NO4/c25-18-9-4-10-19-23(18)21(15-6-3-7-16(13-15)24(26)27)22-17-8-2-1-5-14(17)11-12-20(22)28-19/h1-3,5-8,11-13,21H,4,9-10H2. The zero-order valence-electron chi connectivity index (χ0n) is 15.1. The van der Waals surface area contributed by atoms with Gasteiger partial charge in [0.05, 0.1) is 4.92 Å². The van der Waals surface area contributed by atoms with E-state index in [4.69, 9.17) is 4.74 Å². The number of ether oxygens (including phenoxy) is 1. The number of rotatable bonds is 2. The van der Waals surface area contributed by atoms with Crippen molar-refractivity contribution in [1.29, 1.82) is 0 Å². The Morgan fingerprint density at radius 1 is 1.00 bits per heavy atom. The van der Waals surface area contributed by atoms with Gasteiger partial charge in [0.2, 0.25) is 0 Å². The molecular formula is C23H17NO4. The Morgan fingerprint density at radius 2 is 1.86 bits per heavy atom. The first kappa shape index (κ1) is 16.7. The molecule has 5 nitrogen and oxygen atoms in total. The molecule has 2 aliphatic rings. The molecule has 1 unspecified atom stereocenters. The van der Waals surface area contributed by atoms with Crippen LogP contribution in [-0.2, 0) is 4.79 Å². The fraction of sp³-hybridized carbons (Fsp3) is 0.174. The van der Waals surface area contributed by atoms with Crippen LogP contribution >= 0.6 is 0 Å². The molecule has 0 amide bonds. The van der Waals surface area contributed by atoms with Gasteiger partial charge in [0.1, 0.15) is 11.5 Å². The first-order valence-corrected chi connectivity index (χ1v) is 9.33. The van der Waals surface area contributed by atoms with Crippen LogP contribution in [0.5, 0.6) is 5.75 Å². The highest BCUT2D eigenvalue weighted by Gasteiger charge is 2.38. The second-order valence-electron chi connectivity index (χ2n) is 7.20. The number of non-ortho nitro benzene ring substituents is 1. The predicted molar refractivity (Wildman–Crippen MR) is 105 cm³/mol. The van der Waals surface area contributed by atoms with Crippen LogP contribution in [-0.4, -0.2) is 10.7 Å². The Bertz CT molecular complexity index is 1180. The summed E-state index contributed by atoms with van der Waals surface area (Å²) in [6.07, 6.45) is 1.95. The summed E-state index contributed by atoms with van der Waals surface area (Å²) < 4.78 is 6.17. The number of benzene rings is 3. The van der Waals surface area contributed by atoms with Crippen LogP contribution in [0.15, 0.2) is 72.0 Å². The lowest BCUT2D eigenvalue weighted by Crippen LogP contribution is -2.25. The monoisotopic (exact) mass is 371 g/mol. The van der Waals surface area contributed by atoms with Crippen molar-refractivity contribution < 1.29 is 14.5 Å². The van der Waals surface area contributed by atoms with Crippen molar-refractivity contribution in [3.05, 3.63) is 93.2 Å². The highest BCUT2D eigenvalue weighted by atomic mass is 16.6. The van der Waals surface area contributed by atoms with Crippen molar-refractivity contribution in [2.75, 3.05) is 0 Å². The average molecular weight is 371 g/mol. The number of Topliss-reactive ketones (excluding diaryl/α,β-unsaturated/α-hetero) is 1. The van der Waals surface area contributed by atoms with Gasteiger partial charge in [-0.05, 0) is 28.8 Å². The zero-order valence-corrected chi connectivity index (χ0v) is 15.1. The fourth-order valence-electron chi connectivity index (χ4n) is 4.35. The number of carbonyl (C=O) groups is 1. The molecule has 3 aromatic carbocycles. The maximum atomic E-state index is 12.9. The van der Waals surface area contributed by atoms with E-state index in [0.29, 0.717) is 24.2 Å². The van der Waals surface area contributed by atoms with E-state index in [1.165, 1.54) is 6.07 Å². The SMILES string of the molecule is O=C1CCCC2=C1C(c1cccc([N+](=O)[O-])c1)c1c(ccc3ccccc13)O2. The first-order chi connectivity index (χ1) is 13.6. The molecule has 138 valence electrons. The van der Waals surface area contributed by atoms with E-state index in [2.05, 4.69) is 0 Å². The molecule has 0 saturated carbocycles. The number of ketones is 1. The van der Waals surface area contributed by atoms with Crippen LogP contribution in [0.1, 0.15) is 36.3 Å². The largest absolute Gasteiger partial charge is 0.461 e. The summed E-state index contributed by atoms with van der Waals surface area (Å²) in [7, 11) is 0. The van der Waals surface area contributed by atoms with Gasteiger partial charge < -0.3 is 4.74 Å². The molecule has 28 heavy (non-hydrogen) atoms. The minimum absolute atomic E-state index is 0.0242. The molecule has 0 radical (unpaired) electrons. The van der Waals surface area contributed by atoms with E-state index in [0.717, 1.165) is 34.1 Å². The molecule has 1 aliphatic carbocycles. The maximum Gasteiger partial charge on any atom is 0.269 e. The van der Waals surface area contributed by atoms with Gasteiger partial charge in [0.15, 0.2) is 5.78 Å². The molecule has 0 bridgehead atoms. The lowest BCUT2D eigenvalue weighted by atomic mass is 9.75. The van der Waals surface area contributed by atoms with Crippen LogP contribution in [0.3, 0.4) is 0 Å². The van der Waals surface area contributed by atoms with Gasteiger partial charge in [-0.25, -0.2) is 0 Å². The molecule has 5 heteroatoms. The highest BCUT2D eigenvalue weighted by Crippen LogP contribution is 2.49. The van der Waals surface area contributed by atoms with E-state index in [-0.39, 0.29) is 17.4 Å². The molecule has 0 saturated heterocycles. The number of allylic oxidation sites excluding steroid dienone is 2. The van der Waals surface area contributed by atoms with Crippen molar-refractivity contribution in [1.82, 2.24) is 0 Å². The fourth-order valence-corrected chi connectivity index (χ4v) is 4.35. The van der Waals surface area contributed by atoms with Gasteiger partial charge in [0.25, 0.3) is 5.69 Å². The third-order valence-electron chi connectivity index (χ3n) is 5.56. The normalized spacial score (nSPS) is 18.4. The Hall–Kier alpha value is -3.47. The molecule has 0 aromatic heterocycles. The zero-order chi connectivity index (χ0) is 19.3. The van der Waals surface area contributed by atoms with Crippen molar-refractivity contribution >= 4 is 22.2 Å². The quantitative estimate of drug-likeness (QED) is 0.454. The average Bonchev–Trinajstić information content (AvgIpc) is 2.72. The summed E-state index contributed by atoms with van der Waals surface area (Å²) in [4.78, 5) is 23.9. The van der Waals surface area contributed by atoms with Gasteiger partial charge in [0, 0.05) is 42.0 Å². The van der Waals surface area contributed by atoms with Crippen LogP contribution < -0.4 is 4.74 Å². The molecule has 0 spiro atoms. The third-order valence-corrected chi connectivity index (χ3v) is 5.56. The van der Waals surface area contributed by atoms with Gasteiger partial charge >= 0.3 is 0 Å². The van der Waals surface area contributed by atoms with Crippen molar-refractivity contribution in [3.63, 3.8) is 0 Å². The summed E-state index contributed by atoms with van der Waals surface area (Å²) >= 11 is 0. The molecule has 1 heterocycles. The van der Waals surface area contributed by atoms with E-state index >= 15 is 0 Å². The second-order valence-corrected chi connectivity index (χ2v) is 7.20. The minimum atomic E-state index is -0.398. The summed E-state index contributed by atoms with van der Waals surface area (Å²) in [6.45, 7) is 0. The third kappa shape index (κ3) is 2.51. The van der Waals surface area contributed by atoms with Crippen molar-refractivity contribution in [3.8, 4) is 5.75 Å². The Morgan fingerprint density at radius 3 is 2.71 bits per heavy atom. The predicted octanol–water partition coefficient (Wildman–Crippen LogP) is 5.28. The molecular weight excluding hydrogens is 354 g/mol. The molecule has 5 rings (SSSR count). The molecule has 3 aromatic rings. The number of carbonyl (C=O) groups excluding carboxylic acids is 1. The van der Waals surface area contributed by atoms with E-state index in [1.807, 2.05) is 42.5 Å². The summed E-state index contributed by atoms with van der Waals surface area (Å²) in [5, 5.41) is 13.4. The number of nitro benzene ring substituents is 1. The topological polar surface area (TPSA) is 69.4 Å². The Labute approximate surface area is 161 Å². The Kier molecular flexibility index (Phi) is 3.76. The van der Waals surface area contributed by atoms with Crippen LogP contribution in [0.25, 0.3) is 10.8 Å². The van der Waals surface area contributed by atoms with Crippen LogP contribution in [0, 0.1) is 10.1 Å². The van der Waals surface area contributed by atoms with Crippen molar-refractivity contribution in [2.24, 2.45) is 0 Å². The summed E-state index contributed by atoms with van der Waals surface area (Å²) in [5.74, 6) is 1.13. The maximum absolute atomic E-state index is 12.9. The van der Waals surface area contributed by atoms with Crippen LogP contribution in [0.4, 0.5) is 5.69 Å². The summed E-state index contributed by atoms with van der Waals surface area (Å²) in [6, 6.07) is 18.5. The van der Waals surface area contributed by atoms with Gasteiger partial charge in [-0.2, -0.15) is 0 Å². The number of nitrogens with zero attached hydrogens (tertiary/aromatic N) is 1. The first-order valence-electron chi connectivity index (χ1n) is 9.33. The van der Waals surface area contributed by atoms with E-state index in [9.17, 15) is 14.9 Å². The second kappa shape index (κ2) is 6.30. The van der Waals surface area contributed by atoms with Gasteiger partial charge in [-0.3, -0.25) is 14.9 Å². The van der Waals surface area contributed by atoms with E-state index < -0.39 is 4.92 Å². The molecule has 1 aliphatic heterocycles. The minimum Gasteiger partial charge on any atom is -0.461 e. The summed E-state index contributed by atoms with van der Waals surface area (Å²) in [5.41, 5.74) is 2.33. The molecule has 0 fully saturated rings. The number of hydrogen-bond acceptors (Lipinski definition) is 4. The lowest BCUT2D eigenvalue weighted by Gasteiger charge is -2.33. The molecule has 0 N–H and O–H groups in total. The van der Waals surface area contributed by atoms with Crippen LogP contribution in [0.2, 0.25) is 0 Å². The van der Waals surface area contributed by atoms with Crippen molar-refractivity contribution in [2.45, 2.75) is 25.2 Å². The van der Waals surface area contributed by atoms with Gasteiger partial charge in [-0.1, -0.05) is 42.5 Å². The highest BCUT2D eigenvalue weighted by molar-refractivity contribution is 6.01.